The summed E-state index contributed by atoms with van der Waals surface area (Å²) in [7, 11) is 0. The summed E-state index contributed by atoms with van der Waals surface area (Å²) in [5.74, 6) is -2.54. The number of H-pyrrole nitrogens is 1. The highest BCUT2D eigenvalue weighted by Gasteiger charge is 2.28. The third kappa shape index (κ3) is 8.82. The number of nitrogens with two attached hydrogens (primary N) is 1. The van der Waals surface area contributed by atoms with Crippen LogP contribution in [0.5, 0.6) is 0 Å². The van der Waals surface area contributed by atoms with Gasteiger partial charge < -0.3 is 31.8 Å². The van der Waals surface area contributed by atoms with Crippen molar-refractivity contribution in [3.63, 3.8) is 0 Å². The van der Waals surface area contributed by atoms with Crippen molar-refractivity contribution in [1.29, 1.82) is 0 Å². The first-order valence-corrected chi connectivity index (χ1v) is 10.9. The lowest BCUT2D eigenvalue weighted by atomic mass is 10.0. The van der Waals surface area contributed by atoms with Crippen molar-refractivity contribution in [3.05, 3.63) is 18.2 Å². The van der Waals surface area contributed by atoms with Crippen LogP contribution in [-0.4, -0.2) is 75.4 Å². The van der Waals surface area contributed by atoms with E-state index in [1.807, 2.05) is 6.26 Å². The van der Waals surface area contributed by atoms with Gasteiger partial charge in [-0.05, 0) is 24.3 Å². The standard InChI is InChI=1S/C18H30N6O5S/c1-10(2)15(17(27)23-13(18(28)29)4-5-30-3)24-14(25)8-21-16(26)12(19)6-11-7-20-9-22-11/h7,9-10,12-13,15H,4-6,8,19H2,1-3H3,(H,20,22)(H,21,26)(H,23,27)(H,24,25)(H,28,29). The third-order valence-corrected chi connectivity index (χ3v) is 4.89. The Kier molecular flexibility index (Phi) is 10.9. The molecule has 0 fully saturated rings. The highest BCUT2D eigenvalue weighted by Crippen LogP contribution is 2.06. The molecule has 0 radical (unpaired) electrons. The Morgan fingerprint density at radius 2 is 1.93 bits per heavy atom. The number of carboxylic acid groups (broad SMARTS) is 1. The van der Waals surface area contributed by atoms with Crippen molar-refractivity contribution in [1.82, 2.24) is 25.9 Å². The number of hydrogen-bond donors (Lipinski definition) is 6. The van der Waals surface area contributed by atoms with E-state index in [0.717, 1.165) is 0 Å². The molecule has 168 valence electrons. The lowest BCUT2D eigenvalue weighted by Gasteiger charge is -2.24. The van der Waals surface area contributed by atoms with Crippen LogP contribution in [0.15, 0.2) is 12.5 Å². The molecule has 0 aromatic carbocycles. The zero-order valence-electron chi connectivity index (χ0n) is 17.3. The summed E-state index contributed by atoms with van der Waals surface area (Å²) in [4.78, 5) is 54.8. The van der Waals surface area contributed by atoms with Gasteiger partial charge in [-0.15, -0.1) is 0 Å². The molecule has 0 saturated heterocycles. The van der Waals surface area contributed by atoms with Crippen molar-refractivity contribution < 1.29 is 24.3 Å². The average Bonchev–Trinajstić information content (AvgIpc) is 3.19. The minimum absolute atomic E-state index is 0.233. The van der Waals surface area contributed by atoms with E-state index in [2.05, 4.69) is 25.9 Å². The molecule has 1 heterocycles. The fourth-order valence-electron chi connectivity index (χ4n) is 2.54. The molecule has 3 atom stereocenters. The number of carboxylic acids is 1. The molecule has 0 aliphatic heterocycles. The molecule has 0 spiro atoms. The average molecular weight is 443 g/mol. The van der Waals surface area contributed by atoms with Crippen LogP contribution in [-0.2, 0) is 25.6 Å². The monoisotopic (exact) mass is 442 g/mol. The van der Waals surface area contributed by atoms with Crippen LogP contribution in [0, 0.1) is 5.92 Å². The molecule has 0 saturated carbocycles. The maximum Gasteiger partial charge on any atom is 0.326 e. The largest absolute Gasteiger partial charge is 0.480 e. The minimum Gasteiger partial charge on any atom is -0.480 e. The molecule has 0 bridgehead atoms. The smallest absolute Gasteiger partial charge is 0.326 e. The van der Waals surface area contributed by atoms with Crippen LogP contribution in [0.4, 0.5) is 0 Å². The number of nitrogens with zero attached hydrogens (tertiary/aromatic N) is 1. The van der Waals surface area contributed by atoms with Gasteiger partial charge in [0, 0.05) is 18.3 Å². The fraction of sp³-hybridized carbons (Fsp3) is 0.611. The molecule has 11 nitrogen and oxygen atoms in total. The van der Waals surface area contributed by atoms with Crippen molar-refractivity contribution in [2.24, 2.45) is 11.7 Å². The van der Waals surface area contributed by atoms with Crippen molar-refractivity contribution in [2.75, 3.05) is 18.6 Å². The molecule has 1 rings (SSSR count). The molecule has 7 N–H and O–H groups in total. The predicted octanol–water partition coefficient (Wildman–Crippen LogP) is -1.14. The molecular weight excluding hydrogens is 412 g/mol. The van der Waals surface area contributed by atoms with Gasteiger partial charge in [0.15, 0.2) is 0 Å². The summed E-state index contributed by atoms with van der Waals surface area (Å²) in [6.45, 7) is 3.09. The molecule has 1 aromatic rings. The lowest BCUT2D eigenvalue weighted by molar-refractivity contribution is -0.142. The summed E-state index contributed by atoms with van der Waals surface area (Å²) < 4.78 is 0. The lowest BCUT2D eigenvalue weighted by Crippen LogP contribution is -2.55. The second-order valence-electron chi connectivity index (χ2n) is 7.08. The fourth-order valence-corrected chi connectivity index (χ4v) is 3.01. The van der Waals surface area contributed by atoms with Crippen LogP contribution >= 0.6 is 11.8 Å². The van der Waals surface area contributed by atoms with Gasteiger partial charge in [0.1, 0.15) is 12.1 Å². The SMILES string of the molecule is CSCCC(NC(=O)C(NC(=O)CNC(=O)C(N)Cc1cnc[nH]1)C(C)C)C(=O)O. The number of aliphatic carboxylic acids is 1. The second kappa shape index (κ2) is 12.9. The van der Waals surface area contributed by atoms with E-state index in [1.165, 1.54) is 18.1 Å². The van der Waals surface area contributed by atoms with Gasteiger partial charge in [-0.3, -0.25) is 14.4 Å². The van der Waals surface area contributed by atoms with Gasteiger partial charge in [-0.2, -0.15) is 11.8 Å². The Labute approximate surface area is 179 Å². The van der Waals surface area contributed by atoms with E-state index < -0.39 is 41.8 Å². The van der Waals surface area contributed by atoms with Crippen LogP contribution in [0.3, 0.4) is 0 Å². The first-order chi connectivity index (χ1) is 14.1. The molecule has 1 aromatic heterocycles. The zero-order chi connectivity index (χ0) is 22.7. The predicted molar refractivity (Wildman–Crippen MR) is 113 cm³/mol. The van der Waals surface area contributed by atoms with Crippen LogP contribution in [0.1, 0.15) is 26.0 Å². The summed E-state index contributed by atoms with van der Waals surface area (Å²) in [5.41, 5.74) is 6.49. The minimum atomic E-state index is -1.13. The third-order valence-electron chi connectivity index (χ3n) is 4.25. The summed E-state index contributed by atoms with van der Waals surface area (Å²) in [5, 5.41) is 16.7. The maximum absolute atomic E-state index is 12.5. The van der Waals surface area contributed by atoms with Gasteiger partial charge in [0.2, 0.25) is 17.7 Å². The van der Waals surface area contributed by atoms with E-state index in [4.69, 9.17) is 5.73 Å². The van der Waals surface area contributed by atoms with Gasteiger partial charge in [-0.1, -0.05) is 13.8 Å². The van der Waals surface area contributed by atoms with Crippen LogP contribution in [0.25, 0.3) is 0 Å². The molecule has 3 unspecified atom stereocenters. The number of aromatic nitrogens is 2. The van der Waals surface area contributed by atoms with Gasteiger partial charge >= 0.3 is 5.97 Å². The Balaban J connectivity index is 2.56. The molecule has 12 heteroatoms. The molecule has 0 aliphatic rings. The maximum atomic E-state index is 12.5. The van der Waals surface area contributed by atoms with Crippen molar-refractivity contribution in [2.45, 2.75) is 44.8 Å². The number of carbonyl (C=O) groups excluding carboxylic acids is 3. The quantitative estimate of drug-likeness (QED) is 0.222. The number of carbonyl (C=O) groups is 4. The number of nitrogens with one attached hydrogen (secondary N) is 4. The summed E-state index contributed by atoms with van der Waals surface area (Å²) in [6, 6.07) is -2.84. The molecular formula is C18H30N6O5S. The van der Waals surface area contributed by atoms with E-state index in [9.17, 15) is 24.3 Å². The van der Waals surface area contributed by atoms with E-state index in [-0.39, 0.29) is 25.3 Å². The Morgan fingerprint density at radius 3 is 2.47 bits per heavy atom. The zero-order valence-corrected chi connectivity index (χ0v) is 18.1. The topological polar surface area (TPSA) is 179 Å². The molecule has 0 aliphatic carbocycles. The number of imidazole rings is 1. The van der Waals surface area contributed by atoms with Gasteiger partial charge in [0.05, 0.1) is 18.9 Å². The number of hydrogen-bond acceptors (Lipinski definition) is 7. The summed E-state index contributed by atoms with van der Waals surface area (Å²) in [6.07, 6.45) is 5.37. The van der Waals surface area contributed by atoms with Crippen molar-refractivity contribution in [3.8, 4) is 0 Å². The highest BCUT2D eigenvalue weighted by atomic mass is 32.2. The number of aromatic amines is 1. The van der Waals surface area contributed by atoms with E-state index in [0.29, 0.717) is 11.4 Å². The number of amides is 3. The number of rotatable bonds is 13. The van der Waals surface area contributed by atoms with Gasteiger partial charge in [0.25, 0.3) is 0 Å². The van der Waals surface area contributed by atoms with E-state index >= 15 is 0 Å². The van der Waals surface area contributed by atoms with Crippen LogP contribution in [0.2, 0.25) is 0 Å². The second-order valence-corrected chi connectivity index (χ2v) is 8.06. The molecule has 30 heavy (non-hydrogen) atoms. The summed E-state index contributed by atoms with van der Waals surface area (Å²) >= 11 is 1.47. The highest BCUT2D eigenvalue weighted by molar-refractivity contribution is 7.98. The Hall–Kier alpha value is -2.60. The van der Waals surface area contributed by atoms with Crippen LogP contribution < -0.4 is 21.7 Å². The first-order valence-electron chi connectivity index (χ1n) is 9.47. The Bertz CT molecular complexity index is 712. The first kappa shape index (κ1) is 25.4. The number of thioether (sulfide) groups is 1. The normalized spacial score (nSPS) is 13.9. The Morgan fingerprint density at radius 1 is 1.23 bits per heavy atom. The van der Waals surface area contributed by atoms with E-state index in [1.54, 1.807) is 20.0 Å². The van der Waals surface area contributed by atoms with Crippen molar-refractivity contribution >= 4 is 35.5 Å². The van der Waals surface area contributed by atoms with Gasteiger partial charge in [-0.25, -0.2) is 9.78 Å². The molecule has 3 amide bonds.